The van der Waals surface area contributed by atoms with Crippen molar-refractivity contribution in [2.24, 2.45) is 5.73 Å². The molecular formula is C11H15F3N2. The summed E-state index contributed by atoms with van der Waals surface area (Å²) in [6.45, 7) is 2.95. The Morgan fingerprint density at radius 2 is 1.81 bits per heavy atom. The Balaban J connectivity index is 2.58. The van der Waals surface area contributed by atoms with Crippen LogP contribution in [0.5, 0.6) is 0 Å². The van der Waals surface area contributed by atoms with Crippen molar-refractivity contribution >= 4 is 0 Å². The highest BCUT2D eigenvalue weighted by atomic mass is 19.4. The lowest BCUT2D eigenvalue weighted by molar-refractivity contribution is -0.137. The summed E-state index contributed by atoms with van der Waals surface area (Å²) in [4.78, 5) is 0. The highest BCUT2D eigenvalue weighted by Crippen LogP contribution is 2.28. The van der Waals surface area contributed by atoms with Gasteiger partial charge in [0.1, 0.15) is 0 Å². The van der Waals surface area contributed by atoms with Gasteiger partial charge in [0.25, 0.3) is 0 Å². The molecule has 16 heavy (non-hydrogen) atoms. The first kappa shape index (κ1) is 13.0. The molecule has 0 saturated heterocycles. The third-order valence-corrected chi connectivity index (χ3v) is 2.29. The maximum absolute atomic E-state index is 12.3. The molecule has 0 aliphatic heterocycles. The van der Waals surface area contributed by atoms with Crippen molar-refractivity contribution in [2.45, 2.75) is 25.7 Å². The zero-order chi connectivity index (χ0) is 12.2. The number of halogens is 3. The normalized spacial score (nSPS) is 13.8. The smallest absolute Gasteiger partial charge is 0.329 e. The third kappa shape index (κ3) is 3.83. The molecule has 5 heteroatoms. The lowest BCUT2D eigenvalue weighted by Gasteiger charge is -2.12. The lowest BCUT2D eigenvalue weighted by atomic mass is 10.1. The Labute approximate surface area is 92.6 Å². The van der Waals surface area contributed by atoms with Crippen LogP contribution >= 0.6 is 0 Å². The number of hydrogen-bond donors (Lipinski definition) is 2. The fourth-order valence-corrected chi connectivity index (χ4v) is 1.19. The molecule has 0 bridgehead atoms. The van der Waals surface area contributed by atoms with Crippen LogP contribution in [0.3, 0.4) is 0 Å². The lowest BCUT2D eigenvalue weighted by Crippen LogP contribution is -2.32. The van der Waals surface area contributed by atoms with Gasteiger partial charge in [-0.2, -0.15) is 13.2 Å². The summed E-state index contributed by atoms with van der Waals surface area (Å²) in [7, 11) is 0. The van der Waals surface area contributed by atoms with E-state index in [1.54, 1.807) is 0 Å². The highest BCUT2D eigenvalue weighted by Gasteiger charge is 2.29. The number of alkyl halides is 3. The number of rotatable bonds is 4. The first-order chi connectivity index (χ1) is 7.43. The minimum Gasteiger partial charge on any atom is -0.329 e. The fraction of sp³-hybridized carbons (Fsp3) is 0.455. The Bertz CT molecular complexity index is 319. The molecule has 0 heterocycles. The summed E-state index contributed by atoms with van der Waals surface area (Å²) in [6.07, 6.45) is -4.27. The van der Waals surface area contributed by atoms with E-state index in [9.17, 15) is 13.2 Å². The van der Waals surface area contributed by atoms with E-state index in [-0.39, 0.29) is 6.04 Å². The van der Waals surface area contributed by atoms with Gasteiger partial charge in [-0.15, -0.1) is 0 Å². The summed E-state index contributed by atoms with van der Waals surface area (Å²) >= 11 is 0. The standard InChI is InChI=1S/C11H15F3N2/c1-8(6-15)16-7-9-2-4-10(5-3-9)11(12,13)14/h2-5,8,16H,6-7,15H2,1H3/t8-/m0/s1. The molecular weight excluding hydrogens is 217 g/mol. The van der Waals surface area contributed by atoms with Crippen molar-refractivity contribution in [3.8, 4) is 0 Å². The molecule has 0 unspecified atom stereocenters. The Morgan fingerprint density at radius 1 is 1.25 bits per heavy atom. The van der Waals surface area contributed by atoms with E-state index in [4.69, 9.17) is 5.73 Å². The van der Waals surface area contributed by atoms with E-state index in [1.165, 1.54) is 12.1 Å². The van der Waals surface area contributed by atoms with Gasteiger partial charge in [0.15, 0.2) is 0 Å². The average molecular weight is 232 g/mol. The molecule has 0 aliphatic rings. The average Bonchev–Trinajstić information content (AvgIpc) is 2.25. The molecule has 0 aliphatic carbocycles. The molecule has 0 fully saturated rings. The molecule has 3 N–H and O–H groups in total. The number of nitrogens with two attached hydrogens (primary N) is 1. The molecule has 0 aromatic heterocycles. The van der Waals surface area contributed by atoms with Gasteiger partial charge in [-0.05, 0) is 24.6 Å². The second-order valence-electron chi connectivity index (χ2n) is 3.71. The van der Waals surface area contributed by atoms with Crippen molar-refractivity contribution < 1.29 is 13.2 Å². The van der Waals surface area contributed by atoms with Crippen LogP contribution in [0, 0.1) is 0 Å². The topological polar surface area (TPSA) is 38.0 Å². The second-order valence-corrected chi connectivity index (χ2v) is 3.71. The molecule has 1 aromatic carbocycles. The summed E-state index contributed by atoms with van der Waals surface area (Å²) < 4.78 is 36.8. The van der Waals surface area contributed by atoms with Crippen molar-refractivity contribution in [1.29, 1.82) is 0 Å². The Morgan fingerprint density at radius 3 is 2.25 bits per heavy atom. The van der Waals surface area contributed by atoms with Gasteiger partial charge in [-0.1, -0.05) is 12.1 Å². The molecule has 0 spiro atoms. The number of hydrogen-bond acceptors (Lipinski definition) is 2. The monoisotopic (exact) mass is 232 g/mol. The molecule has 0 radical (unpaired) electrons. The van der Waals surface area contributed by atoms with E-state index < -0.39 is 11.7 Å². The number of benzene rings is 1. The first-order valence-corrected chi connectivity index (χ1v) is 5.03. The zero-order valence-electron chi connectivity index (χ0n) is 9.01. The van der Waals surface area contributed by atoms with E-state index in [0.29, 0.717) is 13.1 Å². The molecule has 0 amide bonds. The van der Waals surface area contributed by atoms with Crippen LogP contribution in [0.2, 0.25) is 0 Å². The minimum atomic E-state index is -4.27. The highest BCUT2D eigenvalue weighted by molar-refractivity contribution is 5.24. The van der Waals surface area contributed by atoms with Crippen LogP contribution in [0.1, 0.15) is 18.1 Å². The van der Waals surface area contributed by atoms with Gasteiger partial charge in [0.2, 0.25) is 0 Å². The predicted molar refractivity (Wildman–Crippen MR) is 56.8 cm³/mol. The Kier molecular flexibility index (Phi) is 4.32. The van der Waals surface area contributed by atoms with Crippen molar-refractivity contribution in [2.75, 3.05) is 6.54 Å². The van der Waals surface area contributed by atoms with E-state index >= 15 is 0 Å². The van der Waals surface area contributed by atoms with Gasteiger partial charge < -0.3 is 11.1 Å². The fourth-order valence-electron chi connectivity index (χ4n) is 1.19. The van der Waals surface area contributed by atoms with E-state index in [2.05, 4.69) is 5.32 Å². The first-order valence-electron chi connectivity index (χ1n) is 5.03. The molecule has 1 atom stereocenters. The largest absolute Gasteiger partial charge is 0.416 e. The quantitative estimate of drug-likeness (QED) is 0.834. The second kappa shape index (κ2) is 5.32. The van der Waals surface area contributed by atoms with Gasteiger partial charge in [-0.3, -0.25) is 0 Å². The summed E-state index contributed by atoms with van der Waals surface area (Å²) in [5.41, 5.74) is 5.60. The maximum Gasteiger partial charge on any atom is 0.416 e. The summed E-state index contributed by atoms with van der Waals surface area (Å²) in [5, 5.41) is 3.10. The molecule has 2 nitrogen and oxygen atoms in total. The predicted octanol–water partition coefficient (Wildman–Crippen LogP) is 2.14. The molecule has 0 saturated carbocycles. The van der Waals surface area contributed by atoms with Crippen LogP contribution in [-0.2, 0) is 12.7 Å². The summed E-state index contributed by atoms with van der Waals surface area (Å²) in [6, 6.07) is 5.27. The van der Waals surface area contributed by atoms with Crippen LogP contribution in [-0.4, -0.2) is 12.6 Å². The van der Waals surface area contributed by atoms with Crippen molar-refractivity contribution in [1.82, 2.24) is 5.32 Å². The minimum absolute atomic E-state index is 0.155. The van der Waals surface area contributed by atoms with Crippen LogP contribution in [0.4, 0.5) is 13.2 Å². The van der Waals surface area contributed by atoms with E-state index in [1.807, 2.05) is 6.92 Å². The number of nitrogens with one attached hydrogen (secondary N) is 1. The SMILES string of the molecule is C[C@@H](CN)NCc1ccc(C(F)(F)F)cc1. The van der Waals surface area contributed by atoms with E-state index in [0.717, 1.165) is 17.7 Å². The van der Waals surface area contributed by atoms with Gasteiger partial charge in [-0.25, -0.2) is 0 Å². The van der Waals surface area contributed by atoms with Crippen LogP contribution in [0.25, 0.3) is 0 Å². The van der Waals surface area contributed by atoms with Gasteiger partial charge in [0, 0.05) is 19.1 Å². The van der Waals surface area contributed by atoms with Crippen molar-refractivity contribution in [3.63, 3.8) is 0 Å². The van der Waals surface area contributed by atoms with Crippen LogP contribution in [0.15, 0.2) is 24.3 Å². The summed E-state index contributed by atoms with van der Waals surface area (Å²) in [5.74, 6) is 0. The zero-order valence-corrected chi connectivity index (χ0v) is 9.01. The molecule has 90 valence electrons. The van der Waals surface area contributed by atoms with Gasteiger partial charge >= 0.3 is 6.18 Å². The maximum atomic E-state index is 12.3. The molecule has 1 aromatic rings. The molecule has 1 rings (SSSR count). The third-order valence-electron chi connectivity index (χ3n) is 2.29. The van der Waals surface area contributed by atoms with Crippen LogP contribution < -0.4 is 11.1 Å². The van der Waals surface area contributed by atoms with Crippen molar-refractivity contribution in [3.05, 3.63) is 35.4 Å². The Hall–Kier alpha value is -1.07. The van der Waals surface area contributed by atoms with Gasteiger partial charge in [0.05, 0.1) is 5.56 Å².